The Kier molecular flexibility index (Phi) is 4.30. The van der Waals surface area contributed by atoms with Crippen LogP contribution in [0, 0.1) is 13.8 Å². The van der Waals surface area contributed by atoms with E-state index in [-0.39, 0.29) is 0 Å². The number of hydrogen-bond acceptors (Lipinski definition) is 3. The van der Waals surface area contributed by atoms with Gasteiger partial charge in [0.15, 0.2) is 5.65 Å². The van der Waals surface area contributed by atoms with Gasteiger partial charge in [0.05, 0.1) is 32.6 Å². The van der Waals surface area contributed by atoms with Crippen LogP contribution in [0.15, 0.2) is 36.7 Å². The average molecular weight is 310 g/mol. The molecular formula is C18H24N5+. The monoisotopic (exact) mass is 310 g/mol. The summed E-state index contributed by atoms with van der Waals surface area (Å²) in [7, 11) is 4.30. The third kappa shape index (κ3) is 2.92. The fourth-order valence-electron chi connectivity index (χ4n) is 2.86. The van der Waals surface area contributed by atoms with Gasteiger partial charge in [-0.1, -0.05) is 18.2 Å². The van der Waals surface area contributed by atoms with Gasteiger partial charge in [-0.2, -0.15) is 0 Å². The van der Waals surface area contributed by atoms with Gasteiger partial charge in [-0.25, -0.2) is 9.97 Å². The van der Waals surface area contributed by atoms with Crippen LogP contribution in [-0.2, 0) is 0 Å². The van der Waals surface area contributed by atoms with E-state index in [1.54, 1.807) is 6.33 Å². The van der Waals surface area contributed by atoms with E-state index in [1.807, 2.05) is 6.07 Å². The Morgan fingerprint density at radius 2 is 1.83 bits per heavy atom. The van der Waals surface area contributed by atoms with Crippen LogP contribution in [0.2, 0.25) is 0 Å². The molecule has 5 heteroatoms. The zero-order valence-corrected chi connectivity index (χ0v) is 14.2. The molecule has 0 radical (unpaired) electrons. The minimum Gasteiger partial charge on any atom is -0.364 e. The molecule has 0 aliphatic carbocycles. The normalized spacial score (nSPS) is 11.3. The van der Waals surface area contributed by atoms with Gasteiger partial charge in [0, 0.05) is 11.4 Å². The Morgan fingerprint density at radius 1 is 1.09 bits per heavy atom. The SMILES string of the molecule is Cc1c(C)n(-c2ccccc2)c2ncnc(NCC[NH+](C)C)c12. The summed E-state index contributed by atoms with van der Waals surface area (Å²) in [4.78, 5) is 10.4. The van der Waals surface area contributed by atoms with Crippen LogP contribution in [0.4, 0.5) is 5.82 Å². The number of hydrogen-bond donors (Lipinski definition) is 2. The fourth-order valence-corrected chi connectivity index (χ4v) is 2.86. The molecule has 0 amide bonds. The number of rotatable bonds is 5. The summed E-state index contributed by atoms with van der Waals surface area (Å²) in [6.45, 7) is 6.22. The van der Waals surface area contributed by atoms with E-state index < -0.39 is 0 Å². The molecule has 5 nitrogen and oxygen atoms in total. The zero-order valence-electron chi connectivity index (χ0n) is 14.2. The summed E-state index contributed by atoms with van der Waals surface area (Å²) < 4.78 is 2.20. The van der Waals surface area contributed by atoms with Crippen LogP contribution in [-0.4, -0.2) is 41.7 Å². The van der Waals surface area contributed by atoms with Gasteiger partial charge in [-0.05, 0) is 31.5 Å². The molecule has 0 atom stereocenters. The maximum Gasteiger partial charge on any atom is 0.150 e. The molecular weight excluding hydrogens is 286 g/mol. The molecule has 2 heterocycles. The third-order valence-electron chi connectivity index (χ3n) is 4.22. The first kappa shape index (κ1) is 15.5. The van der Waals surface area contributed by atoms with Crippen molar-refractivity contribution in [3.8, 4) is 5.69 Å². The lowest BCUT2D eigenvalue weighted by Gasteiger charge is -2.10. The first-order valence-corrected chi connectivity index (χ1v) is 8.00. The smallest absolute Gasteiger partial charge is 0.150 e. The number of quaternary nitrogens is 1. The predicted octanol–water partition coefficient (Wildman–Crippen LogP) is 1.59. The number of aryl methyl sites for hydroxylation is 1. The van der Waals surface area contributed by atoms with Crippen molar-refractivity contribution in [3.63, 3.8) is 0 Å². The topological polar surface area (TPSA) is 47.2 Å². The molecule has 120 valence electrons. The number of aromatic nitrogens is 3. The van der Waals surface area contributed by atoms with Gasteiger partial charge in [0.25, 0.3) is 0 Å². The molecule has 0 saturated heterocycles. The number of nitrogens with one attached hydrogen (secondary N) is 2. The highest BCUT2D eigenvalue weighted by Gasteiger charge is 2.17. The molecule has 2 N–H and O–H groups in total. The second-order valence-corrected chi connectivity index (χ2v) is 6.19. The minimum atomic E-state index is 0.892. The van der Waals surface area contributed by atoms with E-state index >= 15 is 0 Å². The largest absolute Gasteiger partial charge is 0.364 e. The molecule has 2 aromatic heterocycles. The van der Waals surface area contributed by atoms with Crippen LogP contribution >= 0.6 is 0 Å². The lowest BCUT2D eigenvalue weighted by Crippen LogP contribution is -3.06. The molecule has 0 aliphatic heterocycles. The predicted molar refractivity (Wildman–Crippen MR) is 94.5 cm³/mol. The quantitative estimate of drug-likeness (QED) is 0.752. The summed E-state index contributed by atoms with van der Waals surface area (Å²) in [5.74, 6) is 0.923. The van der Waals surface area contributed by atoms with E-state index in [0.29, 0.717) is 0 Å². The van der Waals surface area contributed by atoms with Crippen molar-refractivity contribution in [3.05, 3.63) is 47.9 Å². The Balaban J connectivity index is 2.09. The Labute approximate surface area is 137 Å². The second kappa shape index (κ2) is 6.38. The Bertz CT molecular complexity index is 805. The average Bonchev–Trinajstić information content (AvgIpc) is 2.80. The van der Waals surface area contributed by atoms with E-state index in [4.69, 9.17) is 0 Å². The molecule has 0 saturated carbocycles. The van der Waals surface area contributed by atoms with Crippen molar-refractivity contribution in [1.29, 1.82) is 0 Å². The summed E-state index contributed by atoms with van der Waals surface area (Å²) in [6, 6.07) is 10.3. The zero-order chi connectivity index (χ0) is 16.4. The van der Waals surface area contributed by atoms with Crippen LogP contribution in [0.5, 0.6) is 0 Å². The first-order valence-electron chi connectivity index (χ1n) is 8.00. The lowest BCUT2D eigenvalue weighted by molar-refractivity contribution is -0.856. The molecule has 0 fully saturated rings. The number of nitrogens with zero attached hydrogens (tertiary/aromatic N) is 3. The maximum absolute atomic E-state index is 4.55. The van der Waals surface area contributed by atoms with Crippen molar-refractivity contribution in [2.45, 2.75) is 13.8 Å². The highest BCUT2D eigenvalue weighted by Crippen LogP contribution is 2.30. The van der Waals surface area contributed by atoms with Crippen molar-refractivity contribution < 1.29 is 4.90 Å². The minimum absolute atomic E-state index is 0.892. The lowest BCUT2D eigenvalue weighted by atomic mass is 10.2. The summed E-state index contributed by atoms with van der Waals surface area (Å²) in [5, 5.41) is 4.58. The fraction of sp³-hybridized carbons (Fsp3) is 0.333. The molecule has 3 rings (SSSR count). The van der Waals surface area contributed by atoms with Gasteiger partial charge in [-0.15, -0.1) is 0 Å². The van der Waals surface area contributed by atoms with Crippen LogP contribution in [0.25, 0.3) is 16.7 Å². The highest BCUT2D eigenvalue weighted by atomic mass is 15.1. The van der Waals surface area contributed by atoms with Gasteiger partial charge in [0.1, 0.15) is 12.1 Å². The van der Waals surface area contributed by atoms with Gasteiger partial charge < -0.3 is 10.2 Å². The highest BCUT2D eigenvalue weighted by molar-refractivity contribution is 5.93. The van der Waals surface area contributed by atoms with Crippen molar-refractivity contribution in [2.24, 2.45) is 0 Å². The summed E-state index contributed by atoms with van der Waals surface area (Å²) in [5.41, 5.74) is 4.52. The van der Waals surface area contributed by atoms with E-state index in [9.17, 15) is 0 Å². The summed E-state index contributed by atoms with van der Waals surface area (Å²) >= 11 is 0. The number of benzene rings is 1. The molecule has 1 aromatic carbocycles. The maximum atomic E-state index is 4.55. The van der Waals surface area contributed by atoms with Crippen molar-refractivity contribution >= 4 is 16.9 Å². The number of likely N-dealkylation sites (N-methyl/N-ethyl adjacent to an activating group) is 1. The third-order valence-corrected chi connectivity index (χ3v) is 4.22. The van der Waals surface area contributed by atoms with Crippen LogP contribution in [0.1, 0.15) is 11.3 Å². The molecule has 0 bridgehead atoms. The summed E-state index contributed by atoms with van der Waals surface area (Å²) in [6.07, 6.45) is 1.64. The Morgan fingerprint density at radius 3 is 2.52 bits per heavy atom. The van der Waals surface area contributed by atoms with Crippen LogP contribution in [0.3, 0.4) is 0 Å². The molecule has 0 unspecified atom stereocenters. The van der Waals surface area contributed by atoms with Crippen LogP contribution < -0.4 is 10.2 Å². The Hall–Kier alpha value is -2.40. The number of para-hydroxylation sites is 1. The first-order chi connectivity index (χ1) is 11.1. The second-order valence-electron chi connectivity index (χ2n) is 6.19. The molecule has 0 spiro atoms. The standard InChI is InChI=1S/C18H23N5/c1-13-14(2)23(15-8-6-5-7-9-15)18-16(13)17(20-12-21-18)19-10-11-22(3)4/h5-9,12H,10-11H2,1-4H3,(H,19,20,21)/p+1. The van der Waals surface area contributed by atoms with E-state index in [1.165, 1.54) is 16.2 Å². The van der Waals surface area contributed by atoms with Gasteiger partial charge in [-0.3, -0.25) is 4.57 Å². The van der Waals surface area contributed by atoms with Gasteiger partial charge in [0.2, 0.25) is 0 Å². The van der Waals surface area contributed by atoms with Crippen molar-refractivity contribution in [2.75, 3.05) is 32.5 Å². The van der Waals surface area contributed by atoms with E-state index in [0.717, 1.165) is 35.6 Å². The molecule has 0 aliphatic rings. The van der Waals surface area contributed by atoms with Gasteiger partial charge >= 0.3 is 0 Å². The van der Waals surface area contributed by atoms with Crippen molar-refractivity contribution in [1.82, 2.24) is 14.5 Å². The van der Waals surface area contributed by atoms with E-state index in [2.05, 4.69) is 72.1 Å². The number of fused-ring (bicyclic) bond motifs is 1. The number of anilines is 1. The molecule has 23 heavy (non-hydrogen) atoms. The molecule has 3 aromatic rings.